The topological polar surface area (TPSA) is 108 Å². The van der Waals surface area contributed by atoms with Crippen LogP contribution in [-0.2, 0) is 9.47 Å². The molecule has 0 bridgehead atoms. The van der Waals surface area contributed by atoms with Crippen molar-refractivity contribution in [1.82, 2.24) is 4.98 Å². The number of carbonyl (C=O) groups is 3. The SMILES string of the molecule is COC(=O)c1cc(NC(=O)c2ccccc2-c2ncc(-c3ccccc3)o2)cc(C(=O)OC)c1. The minimum Gasteiger partial charge on any atom is -0.465 e. The van der Waals surface area contributed by atoms with Crippen LogP contribution in [0.15, 0.2) is 83.4 Å². The van der Waals surface area contributed by atoms with E-state index >= 15 is 0 Å². The summed E-state index contributed by atoms with van der Waals surface area (Å²) >= 11 is 0. The van der Waals surface area contributed by atoms with Gasteiger partial charge in [-0.15, -0.1) is 0 Å². The number of aromatic nitrogens is 1. The number of benzene rings is 3. The number of hydrogen-bond acceptors (Lipinski definition) is 7. The molecule has 8 nitrogen and oxygen atoms in total. The average molecular weight is 456 g/mol. The van der Waals surface area contributed by atoms with E-state index in [2.05, 4.69) is 10.3 Å². The Morgan fingerprint density at radius 3 is 2.09 bits per heavy atom. The van der Waals surface area contributed by atoms with Gasteiger partial charge in [-0.25, -0.2) is 14.6 Å². The molecule has 0 aliphatic rings. The van der Waals surface area contributed by atoms with Gasteiger partial charge in [-0.2, -0.15) is 0 Å². The highest BCUT2D eigenvalue weighted by molar-refractivity contribution is 6.09. The lowest BCUT2D eigenvalue weighted by Crippen LogP contribution is -2.15. The number of methoxy groups -OCH3 is 2. The molecule has 1 amide bonds. The van der Waals surface area contributed by atoms with Gasteiger partial charge in [0.1, 0.15) is 0 Å². The molecule has 4 aromatic rings. The number of carbonyl (C=O) groups excluding carboxylic acids is 3. The summed E-state index contributed by atoms with van der Waals surface area (Å²) in [6, 6.07) is 20.5. The van der Waals surface area contributed by atoms with Crippen LogP contribution in [0.4, 0.5) is 5.69 Å². The van der Waals surface area contributed by atoms with Crippen LogP contribution < -0.4 is 5.32 Å². The van der Waals surface area contributed by atoms with Gasteiger partial charge in [-0.05, 0) is 30.3 Å². The third-order valence-corrected chi connectivity index (χ3v) is 5.00. The highest BCUT2D eigenvalue weighted by Gasteiger charge is 2.19. The van der Waals surface area contributed by atoms with E-state index in [0.717, 1.165) is 5.56 Å². The van der Waals surface area contributed by atoms with Crippen molar-refractivity contribution in [3.63, 3.8) is 0 Å². The summed E-state index contributed by atoms with van der Waals surface area (Å²) in [5, 5.41) is 2.72. The number of hydrogen-bond donors (Lipinski definition) is 1. The fourth-order valence-electron chi connectivity index (χ4n) is 3.37. The highest BCUT2D eigenvalue weighted by Crippen LogP contribution is 2.29. The first-order valence-corrected chi connectivity index (χ1v) is 10.2. The minimum absolute atomic E-state index is 0.0918. The number of nitrogens with one attached hydrogen (secondary N) is 1. The molecule has 0 fully saturated rings. The molecule has 170 valence electrons. The normalized spacial score (nSPS) is 10.4. The highest BCUT2D eigenvalue weighted by atomic mass is 16.5. The first-order valence-electron chi connectivity index (χ1n) is 10.2. The van der Waals surface area contributed by atoms with Gasteiger partial charge in [-0.1, -0.05) is 42.5 Å². The van der Waals surface area contributed by atoms with E-state index < -0.39 is 17.8 Å². The molecule has 4 rings (SSSR count). The number of esters is 2. The lowest BCUT2D eigenvalue weighted by atomic mass is 10.1. The van der Waals surface area contributed by atoms with Crippen LogP contribution in [0.2, 0.25) is 0 Å². The zero-order valence-corrected chi connectivity index (χ0v) is 18.4. The maximum absolute atomic E-state index is 13.2. The smallest absolute Gasteiger partial charge is 0.337 e. The third kappa shape index (κ3) is 4.71. The van der Waals surface area contributed by atoms with Crippen molar-refractivity contribution in [2.24, 2.45) is 0 Å². The van der Waals surface area contributed by atoms with E-state index in [1.165, 1.54) is 32.4 Å². The first-order chi connectivity index (χ1) is 16.5. The summed E-state index contributed by atoms with van der Waals surface area (Å²) in [5.74, 6) is -0.944. The number of amides is 1. The van der Waals surface area contributed by atoms with E-state index in [4.69, 9.17) is 13.9 Å². The second-order valence-corrected chi connectivity index (χ2v) is 7.18. The third-order valence-electron chi connectivity index (χ3n) is 5.00. The molecule has 0 unspecified atom stereocenters. The van der Waals surface area contributed by atoms with Crippen LogP contribution in [0, 0.1) is 0 Å². The fraction of sp³-hybridized carbons (Fsp3) is 0.0769. The molecule has 0 atom stereocenters. The number of anilines is 1. The van der Waals surface area contributed by atoms with Gasteiger partial charge in [0.2, 0.25) is 5.89 Å². The summed E-state index contributed by atoms with van der Waals surface area (Å²) in [7, 11) is 2.45. The van der Waals surface area contributed by atoms with Gasteiger partial charge in [0.05, 0.1) is 37.1 Å². The second kappa shape index (κ2) is 9.83. The Balaban J connectivity index is 1.66. The van der Waals surface area contributed by atoms with Gasteiger partial charge >= 0.3 is 11.9 Å². The van der Waals surface area contributed by atoms with Crippen molar-refractivity contribution < 1.29 is 28.3 Å². The molecule has 34 heavy (non-hydrogen) atoms. The molecule has 8 heteroatoms. The molecule has 0 saturated carbocycles. The molecule has 1 aromatic heterocycles. The van der Waals surface area contributed by atoms with Crippen LogP contribution >= 0.6 is 0 Å². The average Bonchev–Trinajstić information content (AvgIpc) is 3.38. The van der Waals surface area contributed by atoms with Crippen molar-refractivity contribution in [1.29, 1.82) is 0 Å². The molecule has 0 aliphatic heterocycles. The zero-order chi connectivity index (χ0) is 24.1. The quantitative estimate of drug-likeness (QED) is 0.414. The van der Waals surface area contributed by atoms with Gasteiger partial charge in [-0.3, -0.25) is 4.79 Å². The predicted molar refractivity (Wildman–Crippen MR) is 124 cm³/mol. The van der Waals surface area contributed by atoms with Crippen molar-refractivity contribution in [2.75, 3.05) is 19.5 Å². The van der Waals surface area contributed by atoms with Crippen LogP contribution in [0.5, 0.6) is 0 Å². The summed E-state index contributed by atoms with van der Waals surface area (Å²) in [4.78, 5) is 41.6. The van der Waals surface area contributed by atoms with Gasteiger partial charge in [0.25, 0.3) is 5.91 Å². The first kappa shape index (κ1) is 22.5. The van der Waals surface area contributed by atoms with Crippen molar-refractivity contribution in [3.05, 3.63) is 95.7 Å². The molecule has 0 spiro atoms. The van der Waals surface area contributed by atoms with E-state index in [1.54, 1.807) is 30.5 Å². The van der Waals surface area contributed by atoms with Crippen molar-refractivity contribution in [2.45, 2.75) is 0 Å². The molecule has 1 N–H and O–H groups in total. The predicted octanol–water partition coefficient (Wildman–Crippen LogP) is 4.83. The number of oxazole rings is 1. The van der Waals surface area contributed by atoms with Crippen LogP contribution in [0.3, 0.4) is 0 Å². The van der Waals surface area contributed by atoms with Crippen LogP contribution in [-0.4, -0.2) is 37.0 Å². The Labute approximate surface area is 195 Å². The fourth-order valence-corrected chi connectivity index (χ4v) is 3.37. The maximum Gasteiger partial charge on any atom is 0.337 e. The van der Waals surface area contributed by atoms with E-state index in [0.29, 0.717) is 16.9 Å². The zero-order valence-electron chi connectivity index (χ0n) is 18.4. The molecular formula is C26H20N2O6. The van der Waals surface area contributed by atoms with Gasteiger partial charge in [0, 0.05) is 16.8 Å². The number of nitrogens with zero attached hydrogens (tertiary/aromatic N) is 1. The Bertz CT molecular complexity index is 1330. The molecule has 0 aliphatic carbocycles. The summed E-state index contributed by atoms with van der Waals surface area (Å²) < 4.78 is 15.4. The Morgan fingerprint density at radius 2 is 1.44 bits per heavy atom. The summed E-state index contributed by atoms with van der Waals surface area (Å²) in [6.07, 6.45) is 1.60. The van der Waals surface area contributed by atoms with E-state index in [1.807, 2.05) is 30.3 Å². The largest absolute Gasteiger partial charge is 0.465 e. The van der Waals surface area contributed by atoms with Gasteiger partial charge < -0.3 is 19.2 Å². The van der Waals surface area contributed by atoms with Crippen molar-refractivity contribution >= 4 is 23.5 Å². The summed E-state index contributed by atoms with van der Waals surface area (Å²) in [6.45, 7) is 0. The molecule has 1 heterocycles. The Morgan fingerprint density at radius 1 is 0.824 bits per heavy atom. The maximum atomic E-state index is 13.2. The lowest BCUT2D eigenvalue weighted by Gasteiger charge is -2.11. The van der Waals surface area contributed by atoms with Gasteiger partial charge in [0.15, 0.2) is 5.76 Å². The summed E-state index contributed by atoms with van der Waals surface area (Å²) in [5.41, 5.74) is 2.05. The van der Waals surface area contributed by atoms with E-state index in [-0.39, 0.29) is 22.7 Å². The minimum atomic E-state index is -0.658. The second-order valence-electron chi connectivity index (χ2n) is 7.18. The Kier molecular flexibility index (Phi) is 6.49. The molecule has 0 radical (unpaired) electrons. The number of ether oxygens (including phenoxy) is 2. The molecule has 0 saturated heterocycles. The standard InChI is InChI=1S/C26H20N2O6/c1-32-25(30)17-12-18(26(31)33-2)14-19(13-17)28-23(29)20-10-6-7-11-21(20)24-27-15-22(34-24)16-8-4-3-5-9-16/h3-15H,1-2H3,(H,28,29). The molecule has 3 aromatic carbocycles. The van der Waals surface area contributed by atoms with Crippen molar-refractivity contribution in [3.8, 4) is 22.8 Å². The monoisotopic (exact) mass is 456 g/mol. The van der Waals surface area contributed by atoms with Crippen LogP contribution in [0.25, 0.3) is 22.8 Å². The number of rotatable bonds is 6. The van der Waals surface area contributed by atoms with Crippen LogP contribution in [0.1, 0.15) is 31.1 Å². The van der Waals surface area contributed by atoms with E-state index in [9.17, 15) is 14.4 Å². The lowest BCUT2D eigenvalue weighted by molar-refractivity contribution is 0.0599. The molecular weight excluding hydrogens is 436 g/mol. The Hall–Kier alpha value is -4.72.